The summed E-state index contributed by atoms with van der Waals surface area (Å²) in [5, 5.41) is 3.25. The first kappa shape index (κ1) is 15.1. The summed E-state index contributed by atoms with van der Waals surface area (Å²) in [5.41, 5.74) is 0. The van der Waals surface area contributed by atoms with Crippen LogP contribution in [-0.4, -0.2) is 22.6 Å². The molecule has 1 aromatic rings. The van der Waals surface area contributed by atoms with Crippen LogP contribution in [0.3, 0.4) is 0 Å². The Morgan fingerprint density at radius 3 is 2.70 bits per heavy atom. The summed E-state index contributed by atoms with van der Waals surface area (Å²) in [4.78, 5) is 9.00. The lowest BCUT2D eigenvalue weighted by molar-refractivity contribution is 0.0855. The van der Waals surface area contributed by atoms with Gasteiger partial charge in [0.05, 0.1) is 0 Å². The highest BCUT2D eigenvalue weighted by molar-refractivity contribution is 5.38. The lowest BCUT2D eigenvalue weighted by Gasteiger charge is -2.30. The van der Waals surface area contributed by atoms with E-state index in [0.717, 1.165) is 36.9 Å². The second-order valence-corrected chi connectivity index (χ2v) is 5.50. The molecule has 0 saturated heterocycles. The van der Waals surface area contributed by atoms with Gasteiger partial charge in [0.15, 0.2) is 0 Å². The van der Waals surface area contributed by atoms with Gasteiger partial charge in [0.1, 0.15) is 17.7 Å². The molecule has 0 radical (unpaired) electrons. The molecule has 0 aromatic carbocycles. The zero-order valence-corrected chi connectivity index (χ0v) is 13.0. The Morgan fingerprint density at radius 2 is 2.00 bits per heavy atom. The van der Waals surface area contributed by atoms with E-state index in [1.807, 2.05) is 6.07 Å². The van der Waals surface area contributed by atoms with Crippen LogP contribution < -0.4 is 10.1 Å². The lowest BCUT2D eigenvalue weighted by Crippen LogP contribution is -2.30. The standard InChI is InChI=1S/C16H27N3O/c1-4-12-9-7-8-10-13(12)20-16-11-15(17-6-3)18-14(5-2)19-16/h11-13H,4-10H2,1-3H3,(H,17,18,19). The Labute approximate surface area is 122 Å². The maximum Gasteiger partial charge on any atom is 0.219 e. The molecule has 2 rings (SSSR count). The Hall–Kier alpha value is -1.32. The van der Waals surface area contributed by atoms with E-state index in [-0.39, 0.29) is 0 Å². The Bertz CT molecular complexity index is 422. The van der Waals surface area contributed by atoms with Gasteiger partial charge in [-0.25, -0.2) is 4.98 Å². The van der Waals surface area contributed by atoms with E-state index in [4.69, 9.17) is 4.74 Å². The smallest absolute Gasteiger partial charge is 0.219 e. The third-order valence-electron chi connectivity index (χ3n) is 4.06. The highest BCUT2D eigenvalue weighted by Gasteiger charge is 2.25. The van der Waals surface area contributed by atoms with Gasteiger partial charge in [-0.3, -0.25) is 0 Å². The van der Waals surface area contributed by atoms with Crippen LogP contribution in [0.15, 0.2) is 6.07 Å². The molecule has 0 amide bonds. The topological polar surface area (TPSA) is 47.0 Å². The molecule has 1 heterocycles. The van der Waals surface area contributed by atoms with Crippen molar-refractivity contribution in [2.24, 2.45) is 5.92 Å². The molecule has 1 saturated carbocycles. The van der Waals surface area contributed by atoms with E-state index < -0.39 is 0 Å². The zero-order valence-electron chi connectivity index (χ0n) is 13.0. The van der Waals surface area contributed by atoms with Gasteiger partial charge < -0.3 is 10.1 Å². The first-order valence-electron chi connectivity index (χ1n) is 8.05. The third kappa shape index (κ3) is 3.84. The predicted octanol–water partition coefficient (Wildman–Crippen LogP) is 3.82. The molecule has 0 aliphatic heterocycles. The van der Waals surface area contributed by atoms with Gasteiger partial charge in [0.2, 0.25) is 5.88 Å². The molecule has 4 nitrogen and oxygen atoms in total. The van der Waals surface area contributed by atoms with E-state index >= 15 is 0 Å². The second-order valence-electron chi connectivity index (χ2n) is 5.50. The second kappa shape index (κ2) is 7.46. The molecule has 0 spiro atoms. The minimum absolute atomic E-state index is 0.322. The van der Waals surface area contributed by atoms with E-state index in [0.29, 0.717) is 12.0 Å². The maximum absolute atomic E-state index is 6.20. The van der Waals surface area contributed by atoms with Gasteiger partial charge in [-0.2, -0.15) is 4.98 Å². The van der Waals surface area contributed by atoms with Crippen molar-refractivity contribution in [3.05, 3.63) is 11.9 Å². The summed E-state index contributed by atoms with van der Waals surface area (Å²) in [6.45, 7) is 7.27. The number of anilines is 1. The number of nitrogens with zero attached hydrogens (tertiary/aromatic N) is 2. The van der Waals surface area contributed by atoms with Crippen molar-refractivity contribution in [1.82, 2.24) is 9.97 Å². The lowest BCUT2D eigenvalue weighted by atomic mass is 9.85. The molecule has 1 N–H and O–H groups in total. The average Bonchev–Trinajstić information content (AvgIpc) is 2.48. The molecule has 20 heavy (non-hydrogen) atoms. The summed E-state index contributed by atoms with van der Waals surface area (Å²) in [7, 11) is 0. The van der Waals surface area contributed by atoms with Gasteiger partial charge in [0, 0.05) is 19.0 Å². The molecular formula is C16H27N3O. The molecule has 2 unspecified atom stereocenters. The van der Waals surface area contributed by atoms with E-state index in [2.05, 4.69) is 36.1 Å². The van der Waals surface area contributed by atoms with Crippen LogP contribution >= 0.6 is 0 Å². The number of aromatic nitrogens is 2. The van der Waals surface area contributed by atoms with E-state index in [1.54, 1.807) is 0 Å². The maximum atomic E-state index is 6.20. The Morgan fingerprint density at radius 1 is 1.20 bits per heavy atom. The summed E-state index contributed by atoms with van der Waals surface area (Å²) in [6, 6.07) is 1.93. The predicted molar refractivity (Wildman–Crippen MR) is 82.2 cm³/mol. The molecule has 112 valence electrons. The van der Waals surface area contributed by atoms with Crippen molar-refractivity contribution in [1.29, 1.82) is 0 Å². The Kier molecular flexibility index (Phi) is 5.62. The molecule has 1 aliphatic carbocycles. The minimum Gasteiger partial charge on any atom is -0.474 e. The third-order valence-corrected chi connectivity index (χ3v) is 4.06. The van der Waals surface area contributed by atoms with E-state index in [9.17, 15) is 0 Å². The molecule has 1 aliphatic rings. The molecule has 2 atom stereocenters. The number of hydrogen-bond acceptors (Lipinski definition) is 4. The van der Waals surface area contributed by atoms with Crippen molar-refractivity contribution in [2.45, 2.75) is 65.4 Å². The number of ether oxygens (including phenoxy) is 1. The monoisotopic (exact) mass is 277 g/mol. The van der Waals surface area contributed by atoms with E-state index in [1.165, 1.54) is 25.7 Å². The van der Waals surface area contributed by atoms with Crippen molar-refractivity contribution in [2.75, 3.05) is 11.9 Å². The minimum atomic E-state index is 0.322. The fourth-order valence-electron chi connectivity index (χ4n) is 2.91. The zero-order chi connectivity index (χ0) is 14.4. The summed E-state index contributed by atoms with van der Waals surface area (Å²) in [6.07, 6.45) is 7.39. The number of hydrogen-bond donors (Lipinski definition) is 1. The molecule has 0 bridgehead atoms. The van der Waals surface area contributed by atoms with Crippen molar-refractivity contribution in [3.63, 3.8) is 0 Å². The van der Waals surface area contributed by atoms with Crippen molar-refractivity contribution in [3.8, 4) is 5.88 Å². The van der Waals surface area contributed by atoms with Crippen LogP contribution in [0.25, 0.3) is 0 Å². The average molecular weight is 277 g/mol. The fraction of sp³-hybridized carbons (Fsp3) is 0.750. The molecule has 1 aromatic heterocycles. The summed E-state index contributed by atoms with van der Waals surface area (Å²) < 4.78 is 6.20. The van der Waals surface area contributed by atoms with Gasteiger partial charge in [0.25, 0.3) is 0 Å². The van der Waals surface area contributed by atoms with Crippen LogP contribution in [0, 0.1) is 5.92 Å². The SMILES string of the molecule is CCNc1cc(OC2CCCCC2CC)nc(CC)n1. The van der Waals surface area contributed by atoms with Crippen LogP contribution in [0.2, 0.25) is 0 Å². The highest BCUT2D eigenvalue weighted by Crippen LogP contribution is 2.30. The van der Waals surface area contributed by atoms with Gasteiger partial charge in [-0.05, 0) is 38.5 Å². The molecule has 4 heteroatoms. The van der Waals surface area contributed by atoms with Gasteiger partial charge in [-0.1, -0.05) is 20.3 Å². The van der Waals surface area contributed by atoms with Gasteiger partial charge >= 0.3 is 0 Å². The first-order chi connectivity index (χ1) is 9.76. The summed E-state index contributed by atoms with van der Waals surface area (Å²) >= 11 is 0. The first-order valence-corrected chi connectivity index (χ1v) is 8.05. The van der Waals surface area contributed by atoms with Crippen LogP contribution in [0.1, 0.15) is 58.7 Å². The normalized spacial score (nSPS) is 22.6. The van der Waals surface area contributed by atoms with Crippen molar-refractivity contribution >= 4 is 5.82 Å². The highest BCUT2D eigenvalue weighted by atomic mass is 16.5. The number of rotatable bonds is 6. The van der Waals surface area contributed by atoms with Crippen molar-refractivity contribution < 1.29 is 4.74 Å². The largest absolute Gasteiger partial charge is 0.474 e. The fourth-order valence-corrected chi connectivity index (χ4v) is 2.91. The van der Waals surface area contributed by atoms with Crippen LogP contribution in [0.5, 0.6) is 5.88 Å². The Balaban J connectivity index is 2.12. The number of nitrogens with one attached hydrogen (secondary N) is 1. The van der Waals surface area contributed by atoms with Crippen LogP contribution in [0.4, 0.5) is 5.82 Å². The molecular weight excluding hydrogens is 250 g/mol. The molecule has 1 fully saturated rings. The summed E-state index contributed by atoms with van der Waals surface area (Å²) in [5.74, 6) is 3.13. The quantitative estimate of drug-likeness (QED) is 0.858. The van der Waals surface area contributed by atoms with Gasteiger partial charge in [-0.15, -0.1) is 0 Å². The van der Waals surface area contributed by atoms with Crippen LogP contribution in [-0.2, 0) is 6.42 Å². The number of aryl methyl sites for hydroxylation is 1.